The van der Waals surface area contributed by atoms with Crippen LogP contribution < -0.4 is 0 Å². The lowest BCUT2D eigenvalue weighted by Gasteiger charge is -2.23. The first-order valence-corrected chi connectivity index (χ1v) is 10.4. The molecule has 0 unspecified atom stereocenters. The van der Waals surface area contributed by atoms with Crippen LogP contribution >= 0.6 is 0 Å². The predicted molar refractivity (Wildman–Crippen MR) is 109 cm³/mol. The zero-order chi connectivity index (χ0) is 20.6. The molecule has 6 heteroatoms. The topological polar surface area (TPSA) is 63.2 Å². The van der Waals surface area contributed by atoms with E-state index in [1.54, 1.807) is 0 Å². The average molecular weight is 412 g/mol. The van der Waals surface area contributed by atoms with E-state index in [0.717, 1.165) is 11.1 Å². The Balaban J connectivity index is 1.21. The van der Waals surface area contributed by atoms with E-state index in [1.165, 1.54) is 0 Å². The van der Waals surface area contributed by atoms with Crippen LogP contribution in [0.25, 0.3) is 0 Å². The minimum Gasteiger partial charge on any atom is -0.462 e. The molecule has 2 aliphatic rings. The van der Waals surface area contributed by atoms with E-state index in [-0.39, 0.29) is 43.6 Å². The molecule has 2 aromatic rings. The molecule has 1 saturated carbocycles. The third-order valence-corrected chi connectivity index (χ3v) is 5.72. The molecule has 0 spiro atoms. The van der Waals surface area contributed by atoms with Gasteiger partial charge in [0, 0.05) is 18.3 Å². The normalized spacial score (nSPS) is 25.3. The smallest absolute Gasteiger partial charge is 0.306 e. The van der Waals surface area contributed by atoms with Gasteiger partial charge in [-0.1, -0.05) is 60.7 Å². The van der Waals surface area contributed by atoms with Crippen LogP contribution in [0.15, 0.2) is 60.7 Å². The van der Waals surface area contributed by atoms with Gasteiger partial charge in [-0.3, -0.25) is 4.79 Å². The van der Waals surface area contributed by atoms with E-state index in [2.05, 4.69) is 0 Å². The highest BCUT2D eigenvalue weighted by Gasteiger charge is 2.50. The van der Waals surface area contributed by atoms with E-state index in [4.69, 9.17) is 23.7 Å². The van der Waals surface area contributed by atoms with Crippen LogP contribution in [0.5, 0.6) is 0 Å². The van der Waals surface area contributed by atoms with Gasteiger partial charge in [0.25, 0.3) is 0 Å². The van der Waals surface area contributed by atoms with Crippen LogP contribution in [0.4, 0.5) is 0 Å². The summed E-state index contributed by atoms with van der Waals surface area (Å²) in [7, 11) is 0. The van der Waals surface area contributed by atoms with Crippen LogP contribution in [0.1, 0.15) is 24.0 Å². The summed E-state index contributed by atoms with van der Waals surface area (Å²) < 4.78 is 28.5. The molecular weight excluding hydrogens is 384 g/mol. The SMILES string of the molecule is O=C1C[C@H]2[C@H](COCOCc3ccccc3)[C@@H](OCOCc3ccccc3)C[C@H]2O1. The van der Waals surface area contributed by atoms with Gasteiger partial charge < -0.3 is 23.7 Å². The fraction of sp³-hybridized carbons (Fsp3) is 0.458. The van der Waals surface area contributed by atoms with Gasteiger partial charge in [0.15, 0.2) is 0 Å². The fourth-order valence-electron chi connectivity index (χ4n) is 4.23. The second kappa shape index (κ2) is 10.7. The summed E-state index contributed by atoms with van der Waals surface area (Å²) in [5.74, 6) is 0.0851. The highest BCUT2D eigenvalue weighted by atomic mass is 16.7. The van der Waals surface area contributed by atoms with Crippen molar-refractivity contribution < 1.29 is 28.5 Å². The van der Waals surface area contributed by atoms with Crippen molar-refractivity contribution in [1.82, 2.24) is 0 Å². The number of fused-ring (bicyclic) bond motifs is 1. The van der Waals surface area contributed by atoms with Gasteiger partial charge in [0.05, 0.1) is 32.3 Å². The van der Waals surface area contributed by atoms with Gasteiger partial charge in [-0.15, -0.1) is 0 Å². The van der Waals surface area contributed by atoms with Gasteiger partial charge in [-0.25, -0.2) is 0 Å². The molecule has 1 saturated heterocycles. The maximum Gasteiger partial charge on any atom is 0.306 e. The summed E-state index contributed by atoms with van der Waals surface area (Å²) >= 11 is 0. The third-order valence-electron chi connectivity index (χ3n) is 5.72. The molecule has 4 rings (SSSR count). The Kier molecular flexibility index (Phi) is 7.48. The van der Waals surface area contributed by atoms with Crippen LogP contribution in [-0.4, -0.2) is 38.4 Å². The molecule has 2 fully saturated rings. The van der Waals surface area contributed by atoms with Crippen LogP contribution in [-0.2, 0) is 41.7 Å². The molecule has 0 amide bonds. The van der Waals surface area contributed by atoms with E-state index in [0.29, 0.717) is 32.7 Å². The summed E-state index contributed by atoms with van der Waals surface area (Å²) in [4.78, 5) is 11.7. The van der Waals surface area contributed by atoms with Crippen molar-refractivity contribution in [2.45, 2.75) is 38.3 Å². The molecule has 160 valence electrons. The van der Waals surface area contributed by atoms with E-state index >= 15 is 0 Å². The van der Waals surface area contributed by atoms with E-state index < -0.39 is 0 Å². The van der Waals surface area contributed by atoms with Gasteiger partial charge >= 0.3 is 5.97 Å². The lowest BCUT2D eigenvalue weighted by molar-refractivity contribution is -0.145. The lowest BCUT2D eigenvalue weighted by atomic mass is 9.93. The first kappa shape index (κ1) is 21.0. The van der Waals surface area contributed by atoms with Crippen molar-refractivity contribution >= 4 is 5.97 Å². The molecule has 0 N–H and O–H groups in total. The van der Waals surface area contributed by atoms with Gasteiger partial charge in [-0.05, 0) is 11.1 Å². The molecule has 6 nitrogen and oxygen atoms in total. The molecule has 1 aliphatic carbocycles. The average Bonchev–Trinajstić information content (AvgIpc) is 3.28. The van der Waals surface area contributed by atoms with Crippen LogP contribution in [0, 0.1) is 11.8 Å². The Labute approximate surface area is 177 Å². The molecule has 0 bridgehead atoms. The fourth-order valence-corrected chi connectivity index (χ4v) is 4.23. The number of hydrogen-bond donors (Lipinski definition) is 0. The van der Waals surface area contributed by atoms with Crippen molar-refractivity contribution in [2.24, 2.45) is 11.8 Å². The predicted octanol–water partition coefficient (Wildman–Crippen LogP) is 3.69. The van der Waals surface area contributed by atoms with Crippen LogP contribution in [0.2, 0.25) is 0 Å². The number of esters is 1. The van der Waals surface area contributed by atoms with Gasteiger partial charge in [-0.2, -0.15) is 0 Å². The quantitative estimate of drug-likeness (QED) is 0.319. The Morgan fingerprint density at radius 3 is 2.13 bits per heavy atom. The monoisotopic (exact) mass is 412 g/mol. The van der Waals surface area contributed by atoms with Gasteiger partial charge in [0.1, 0.15) is 19.7 Å². The summed E-state index contributed by atoms with van der Waals surface area (Å²) in [5, 5.41) is 0. The molecule has 1 aliphatic heterocycles. The largest absolute Gasteiger partial charge is 0.462 e. The summed E-state index contributed by atoms with van der Waals surface area (Å²) in [5.41, 5.74) is 2.21. The van der Waals surface area contributed by atoms with Crippen molar-refractivity contribution in [1.29, 1.82) is 0 Å². The van der Waals surface area contributed by atoms with Gasteiger partial charge in [0.2, 0.25) is 0 Å². The summed E-state index contributed by atoms with van der Waals surface area (Å²) in [6.45, 7) is 1.88. The Bertz CT molecular complexity index is 781. The molecule has 2 aromatic carbocycles. The molecule has 1 heterocycles. The maximum absolute atomic E-state index is 11.7. The Hall–Kier alpha value is -2.25. The Morgan fingerprint density at radius 1 is 0.833 bits per heavy atom. The van der Waals surface area contributed by atoms with E-state index in [9.17, 15) is 4.79 Å². The molecule has 30 heavy (non-hydrogen) atoms. The highest BCUT2D eigenvalue weighted by Crippen LogP contribution is 2.42. The lowest BCUT2D eigenvalue weighted by Crippen LogP contribution is -2.28. The van der Waals surface area contributed by atoms with Crippen LogP contribution in [0.3, 0.4) is 0 Å². The number of hydrogen-bond acceptors (Lipinski definition) is 6. The number of ether oxygens (including phenoxy) is 5. The molecule has 0 aromatic heterocycles. The second-order valence-electron chi connectivity index (χ2n) is 7.78. The first-order valence-electron chi connectivity index (χ1n) is 10.4. The second-order valence-corrected chi connectivity index (χ2v) is 7.78. The number of carbonyl (C=O) groups excluding carboxylic acids is 1. The summed E-state index contributed by atoms with van der Waals surface area (Å²) in [6.07, 6.45) is 0.964. The molecule has 4 atom stereocenters. The molecular formula is C24H28O6. The van der Waals surface area contributed by atoms with Crippen molar-refractivity contribution in [3.8, 4) is 0 Å². The van der Waals surface area contributed by atoms with E-state index in [1.807, 2.05) is 60.7 Å². The number of rotatable bonds is 11. The standard InChI is InChI=1S/C24H28O6/c25-24-11-20-21(15-28-16-26-13-18-7-3-1-4-8-18)22(12-23(20)30-24)29-17-27-14-19-9-5-2-6-10-19/h1-10,20-23H,11-17H2/t20-,21-,22-,23+/m0/s1. The minimum absolute atomic E-state index is 0.0574. The highest BCUT2D eigenvalue weighted by molar-refractivity contribution is 5.72. The van der Waals surface area contributed by atoms with Crippen molar-refractivity contribution in [3.63, 3.8) is 0 Å². The number of benzene rings is 2. The zero-order valence-corrected chi connectivity index (χ0v) is 17.0. The number of carbonyl (C=O) groups is 1. The van der Waals surface area contributed by atoms with Crippen molar-refractivity contribution in [3.05, 3.63) is 71.8 Å². The zero-order valence-electron chi connectivity index (χ0n) is 17.0. The third kappa shape index (κ3) is 5.67. The Morgan fingerprint density at radius 2 is 1.47 bits per heavy atom. The minimum atomic E-state index is -0.130. The molecule has 0 radical (unpaired) electrons. The van der Waals surface area contributed by atoms with Crippen molar-refractivity contribution in [2.75, 3.05) is 20.2 Å². The maximum atomic E-state index is 11.7. The first-order chi connectivity index (χ1) is 14.8. The summed E-state index contributed by atoms with van der Waals surface area (Å²) in [6, 6.07) is 20.0.